The van der Waals surface area contributed by atoms with Crippen LogP contribution in [0.5, 0.6) is 0 Å². The molecule has 0 saturated heterocycles. The smallest absolute Gasteiger partial charge is 0.131 e. The molecule has 0 amide bonds. The van der Waals surface area contributed by atoms with Crippen molar-refractivity contribution in [3.05, 3.63) is 65.5 Å². The lowest BCUT2D eigenvalue weighted by Gasteiger charge is -2.00. The van der Waals surface area contributed by atoms with E-state index < -0.39 is 6.67 Å². The molecule has 0 N–H and O–H groups in total. The number of hydrogen-bond donors (Lipinski definition) is 0. The molecule has 3 nitrogen and oxygen atoms in total. The van der Waals surface area contributed by atoms with Crippen LogP contribution in [0.15, 0.2) is 42.6 Å². The van der Waals surface area contributed by atoms with Gasteiger partial charge in [-0.2, -0.15) is 0 Å². The van der Waals surface area contributed by atoms with Gasteiger partial charge in [0, 0.05) is 25.1 Å². The summed E-state index contributed by atoms with van der Waals surface area (Å²) in [5.74, 6) is 5.58. The van der Waals surface area contributed by atoms with Crippen LogP contribution in [0.1, 0.15) is 23.5 Å². The Morgan fingerprint density at radius 3 is 2.78 bits per heavy atom. The van der Waals surface area contributed by atoms with Gasteiger partial charge in [0.15, 0.2) is 0 Å². The normalized spacial score (nSPS) is 10.3. The van der Waals surface area contributed by atoms with Gasteiger partial charge in [0.1, 0.15) is 18.2 Å². The first-order chi connectivity index (χ1) is 11.2. The maximum Gasteiger partial charge on any atom is 0.131 e. The van der Waals surface area contributed by atoms with E-state index in [9.17, 15) is 8.78 Å². The fourth-order valence-corrected chi connectivity index (χ4v) is 2.11. The fourth-order valence-electron chi connectivity index (χ4n) is 2.11. The number of alkyl halides is 1. The lowest BCUT2D eigenvalue weighted by Crippen LogP contribution is -1.93. The van der Waals surface area contributed by atoms with Gasteiger partial charge in [-0.05, 0) is 30.2 Å². The Morgan fingerprint density at radius 2 is 1.91 bits per heavy atom. The summed E-state index contributed by atoms with van der Waals surface area (Å²) in [5, 5.41) is 0. The molecule has 114 valence electrons. The summed E-state index contributed by atoms with van der Waals surface area (Å²) in [5.41, 5.74) is 2.93. The first-order valence-corrected chi connectivity index (χ1v) is 7.16. The predicted octanol–water partition coefficient (Wildman–Crippen LogP) is 3.62. The molecule has 3 aromatic rings. The second-order valence-electron chi connectivity index (χ2n) is 4.94. The van der Waals surface area contributed by atoms with Crippen LogP contribution in [-0.4, -0.2) is 15.0 Å². The highest BCUT2D eigenvalue weighted by Gasteiger charge is 2.01. The zero-order valence-corrected chi connectivity index (χ0v) is 12.3. The molecule has 0 aliphatic carbocycles. The SMILES string of the molecule is FCc1cccc(C#CCCc2cnc3cc(F)ccc3n2)n1. The second kappa shape index (κ2) is 6.93. The molecule has 1 aromatic carbocycles. The predicted molar refractivity (Wildman–Crippen MR) is 83.7 cm³/mol. The second-order valence-corrected chi connectivity index (χ2v) is 4.94. The Balaban J connectivity index is 1.67. The molecular formula is C18H13F2N3. The maximum atomic E-state index is 13.1. The van der Waals surface area contributed by atoms with Crippen LogP contribution in [0.3, 0.4) is 0 Å². The van der Waals surface area contributed by atoms with Gasteiger partial charge >= 0.3 is 0 Å². The molecule has 2 aromatic heterocycles. The number of nitrogens with zero attached hydrogens (tertiary/aromatic N) is 3. The number of hydrogen-bond acceptors (Lipinski definition) is 3. The van der Waals surface area contributed by atoms with E-state index in [0.717, 1.165) is 5.69 Å². The molecule has 3 rings (SSSR count). The summed E-state index contributed by atoms with van der Waals surface area (Å²) in [4.78, 5) is 12.7. The third-order valence-electron chi connectivity index (χ3n) is 3.22. The van der Waals surface area contributed by atoms with Crippen molar-refractivity contribution in [3.8, 4) is 11.8 Å². The first-order valence-electron chi connectivity index (χ1n) is 7.16. The Labute approximate surface area is 132 Å². The van der Waals surface area contributed by atoms with Gasteiger partial charge in [-0.1, -0.05) is 12.0 Å². The highest BCUT2D eigenvalue weighted by molar-refractivity contribution is 5.73. The van der Waals surface area contributed by atoms with Crippen LogP contribution in [0.25, 0.3) is 11.0 Å². The molecule has 0 radical (unpaired) electrons. The molecule has 0 fully saturated rings. The topological polar surface area (TPSA) is 38.7 Å². The van der Waals surface area contributed by atoms with Crippen LogP contribution in [0.2, 0.25) is 0 Å². The fraction of sp³-hybridized carbons (Fsp3) is 0.167. The third kappa shape index (κ3) is 3.86. The van der Waals surface area contributed by atoms with Gasteiger partial charge in [0.2, 0.25) is 0 Å². The maximum absolute atomic E-state index is 13.1. The summed E-state index contributed by atoms with van der Waals surface area (Å²) in [6.45, 7) is -0.594. The van der Waals surface area contributed by atoms with Crippen molar-refractivity contribution in [1.29, 1.82) is 0 Å². The monoisotopic (exact) mass is 309 g/mol. The van der Waals surface area contributed by atoms with Gasteiger partial charge in [-0.25, -0.2) is 18.7 Å². The number of halogens is 2. The molecule has 23 heavy (non-hydrogen) atoms. The minimum Gasteiger partial charge on any atom is -0.253 e. The molecule has 2 heterocycles. The number of benzene rings is 1. The summed E-state index contributed by atoms with van der Waals surface area (Å²) in [6.07, 6.45) is 2.85. The van der Waals surface area contributed by atoms with E-state index in [4.69, 9.17) is 0 Å². The lowest BCUT2D eigenvalue weighted by atomic mass is 10.2. The van der Waals surface area contributed by atoms with Crippen molar-refractivity contribution in [2.24, 2.45) is 0 Å². The highest BCUT2D eigenvalue weighted by Crippen LogP contribution is 2.12. The van der Waals surface area contributed by atoms with Crippen molar-refractivity contribution in [3.63, 3.8) is 0 Å². The number of fused-ring (bicyclic) bond motifs is 1. The minimum atomic E-state index is -0.594. The van der Waals surface area contributed by atoms with Gasteiger partial charge in [0.05, 0.1) is 22.4 Å². The molecule has 0 atom stereocenters. The van der Waals surface area contributed by atoms with Crippen molar-refractivity contribution >= 4 is 11.0 Å². The third-order valence-corrected chi connectivity index (χ3v) is 3.22. The van der Waals surface area contributed by atoms with Crippen LogP contribution >= 0.6 is 0 Å². The lowest BCUT2D eigenvalue weighted by molar-refractivity contribution is 0.476. The van der Waals surface area contributed by atoms with Crippen molar-refractivity contribution in [2.45, 2.75) is 19.5 Å². The summed E-state index contributed by atoms with van der Waals surface area (Å²) in [7, 11) is 0. The van der Waals surface area contributed by atoms with E-state index in [0.29, 0.717) is 35.3 Å². The molecule has 0 bridgehead atoms. The standard InChI is InChI=1S/C18H13F2N3/c19-11-15-7-3-6-14(22-15)4-1-2-5-16-12-21-18-10-13(20)8-9-17(18)23-16/h3,6-10,12H,2,5,11H2. The quantitative estimate of drug-likeness (QED) is 0.694. The molecule has 0 aliphatic heterocycles. The van der Waals surface area contributed by atoms with Crippen LogP contribution < -0.4 is 0 Å². The zero-order chi connectivity index (χ0) is 16.1. The Bertz CT molecular complexity index is 897. The molecule has 0 saturated carbocycles. The molecule has 5 heteroatoms. The van der Waals surface area contributed by atoms with E-state index >= 15 is 0 Å². The number of aromatic nitrogens is 3. The van der Waals surface area contributed by atoms with Gasteiger partial charge in [-0.3, -0.25) is 4.98 Å². The molecule has 0 aliphatic rings. The molecule has 0 spiro atoms. The Kier molecular flexibility index (Phi) is 4.53. The van der Waals surface area contributed by atoms with Crippen LogP contribution in [0.4, 0.5) is 8.78 Å². The first kappa shape index (κ1) is 15.0. The van der Waals surface area contributed by atoms with E-state index in [1.54, 1.807) is 30.5 Å². The molecular weight excluding hydrogens is 296 g/mol. The number of aryl methyl sites for hydroxylation is 1. The van der Waals surface area contributed by atoms with E-state index in [2.05, 4.69) is 26.8 Å². The van der Waals surface area contributed by atoms with Crippen LogP contribution in [0, 0.1) is 17.7 Å². The van der Waals surface area contributed by atoms with Crippen molar-refractivity contribution < 1.29 is 8.78 Å². The summed E-state index contributed by atoms with van der Waals surface area (Å²) < 4.78 is 25.6. The molecule has 0 unspecified atom stereocenters. The largest absolute Gasteiger partial charge is 0.253 e. The summed E-state index contributed by atoms with van der Waals surface area (Å²) in [6, 6.07) is 9.44. The van der Waals surface area contributed by atoms with Crippen LogP contribution in [-0.2, 0) is 13.1 Å². The van der Waals surface area contributed by atoms with E-state index in [1.165, 1.54) is 12.1 Å². The van der Waals surface area contributed by atoms with E-state index in [-0.39, 0.29) is 5.82 Å². The van der Waals surface area contributed by atoms with Crippen molar-refractivity contribution in [2.75, 3.05) is 0 Å². The Morgan fingerprint density at radius 1 is 1.00 bits per heavy atom. The Hall–Kier alpha value is -2.87. The van der Waals surface area contributed by atoms with Crippen molar-refractivity contribution in [1.82, 2.24) is 15.0 Å². The van der Waals surface area contributed by atoms with E-state index in [1.807, 2.05) is 0 Å². The minimum absolute atomic E-state index is 0.326. The van der Waals surface area contributed by atoms with Gasteiger partial charge in [-0.15, -0.1) is 0 Å². The highest BCUT2D eigenvalue weighted by atomic mass is 19.1. The van der Waals surface area contributed by atoms with Gasteiger partial charge < -0.3 is 0 Å². The summed E-state index contributed by atoms with van der Waals surface area (Å²) >= 11 is 0. The average molecular weight is 309 g/mol. The zero-order valence-electron chi connectivity index (χ0n) is 12.3. The number of rotatable bonds is 3. The average Bonchev–Trinajstić information content (AvgIpc) is 2.59. The van der Waals surface area contributed by atoms with Gasteiger partial charge in [0.25, 0.3) is 0 Å². The number of pyridine rings is 1.